The van der Waals surface area contributed by atoms with E-state index < -0.39 is 0 Å². The van der Waals surface area contributed by atoms with Gasteiger partial charge in [-0.1, -0.05) is 30.3 Å². The number of rotatable bonds is 4. The normalized spacial score (nSPS) is 14.2. The van der Waals surface area contributed by atoms with E-state index in [0.29, 0.717) is 17.4 Å². The van der Waals surface area contributed by atoms with Crippen LogP contribution in [0.3, 0.4) is 0 Å². The van der Waals surface area contributed by atoms with Crippen molar-refractivity contribution in [2.75, 3.05) is 36.8 Å². The highest BCUT2D eigenvalue weighted by molar-refractivity contribution is 5.99. The summed E-state index contributed by atoms with van der Waals surface area (Å²) in [5.74, 6) is 2.73. The Morgan fingerprint density at radius 1 is 0.967 bits per heavy atom. The first-order chi connectivity index (χ1) is 14.7. The Morgan fingerprint density at radius 3 is 2.53 bits per heavy atom. The molecule has 3 heterocycles. The van der Waals surface area contributed by atoms with Gasteiger partial charge in [0.1, 0.15) is 17.3 Å². The van der Waals surface area contributed by atoms with Crippen LogP contribution in [-0.2, 0) is 7.05 Å². The molecule has 0 bridgehead atoms. The number of piperazine rings is 1. The van der Waals surface area contributed by atoms with Crippen molar-refractivity contribution in [3.05, 3.63) is 54.6 Å². The number of fused-ring (bicyclic) bond motifs is 1. The molecule has 0 radical (unpaired) electrons. The third kappa shape index (κ3) is 3.42. The maximum atomic E-state index is 6.33. The summed E-state index contributed by atoms with van der Waals surface area (Å²) in [4.78, 5) is 11.8. The predicted molar refractivity (Wildman–Crippen MR) is 118 cm³/mol. The second-order valence-electron chi connectivity index (χ2n) is 7.26. The number of aromatic nitrogens is 4. The molecule has 4 aromatic rings. The van der Waals surface area contributed by atoms with Crippen molar-refractivity contribution < 1.29 is 4.74 Å². The molecule has 0 spiro atoms. The summed E-state index contributed by atoms with van der Waals surface area (Å²) in [5, 5.41) is 8.63. The van der Waals surface area contributed by atoms with Crippen molar-refractivity contribution in [2.24, 2.45) is 7.05 Å². The molecule has 8 nitrogen and oxygen atoms in total. The average Bonchev–Trinajstić information content (AvgIpc) is 3.08. The van der Waals surface area contributed by atoms with E-state index >= 15 is 0 Å². The van der Waals surface area contributed by atoms with Gasteiger partial charge in [0, 0.05) is 38.8 Å². The highest BCUT2D eigenvalue weighted by Gasteiger charge is 2.21. The molecular formula is C22H23N7O. The summed E-state index contributed by atoms with van der Waals surface area (Å²) in [5.41, 5.74) is 8.60. The van der Waals surface area contributed by atoms with Crippen molar-refractivity contribution in [1.29, 1.82) is 0 Å². The number of ether oxygens (including phenoxy) is 1. The van der Waals surface area contributed by atoms with E-state index in [1.165, 1.54) is 0 Å². The van der Waals surface area contributed by atoms with Crippen molar-refractivity contribution in [3.63, 3.8) is 0 Å². The topological polar surface area (TPSA) is 94.1 Å². The summed E-state index contributed by atoms with van der Waals surface area (Å²) >= 11 is 0. The van der Waals surface area contributed by atoms with Gasteiger partial charge in [0.2, 0.25) is 5.95 Å². The molecule has 8 heteroatoms. The van der Waals surface area contributed by atoms with E-state index in [-0.39, 0.29) is 0 Å². The number of aryl methyl sites for hydroxylation is 1. The van der Waals surface area contributed by atoms with Gasteiger partial charge in [-0.15, -0.1) is 0 Å². The highest BCUT2D eigenvalue weighted by Crippen LogP contribution is 2.34. The number of hydrogen-bond acceptors (Lipinski definition) is 7. The Balaban J connectivity index is 1.61. The Hall–Kier alpha value is -3.65. The van der Waals surface area contributed by atoms with Gasteiger partial charge in [-0.2, -0.15) is 10.1 Å². The second-order valence-corrected chi connectivity index (χ2v) is 7.26. The molecule has 0 atom stereocenters. The maximum Gasteiger partial charge on any atom is 0.228 e. The van der Waals surface area contributed by atoms with Crippen LogP contribution in [0.1, 0.15) is 0 Å². The molecule has 1 saturated heterocycles. The molecule has 1 aliphatic rings. The second kappa shape index (κ2) is 7.64. The van der Waals surface area contributed by atoms with Crippen molar-refractivity contribution in [3.8, 4) is 22.8 Å². The van der Waals surface area contributed by atoms with Crippen LogP contribution in [0, 0.1) is 0 Å². The van der Waals surface area contributed by atoms with E-state index in [9.17, 15) is 0 Å². The number of nitrogens with zero attached hydrogens (tertiary/aromatic N) is 5. The molecule has 0 saturated carbocycles. The Kier molecular flexibility index (Phi) is 4.68. The number of nitrogen functional groups attached to an aromatic ring is 1. The molecule has 0 aliphatic carbocycles. The summed E-state index contributed by atoms with van der Waals surface area (Å²) < 4.78 is 7.67. The molecule has 1 fully saturated rings. The smallest absolute Gasteiger partial charge is 0.228 e. The Morgan fingerprint density at radius 2 is 1.73 bits per heavy atom. The number of para-hydroxylation sites is 1. The fraction of sp³-hybridized carbons (Fsp3) is 0.227. The average molecular weight is 401 g/mol. The predicted octanol–water partition coefficient (Wildman–Crippen LogP) is 2.81. The fourth-order valence-electron chi connectivity index (χ4n) is 3.65. The molecule has 152 valence electrons. The molecular weight excluding hydrogens is 378 g/mol. The lowest BCUT2D eigenvalue weighted by Crippen LogP contribution is -2.44. The van der Waals surface area contributed by atoms with Gasteiger partial charge in [0.15, 0.2) is 5.65 Å². The Labute approximate surface area is 174 Å². The van der Waals surface area contributed by atoms with Gasteiger partial charge in [-0.25, -0.2) is 4.98 Å². The zero-order chi connectivity index (χ0) is 20.5. The van der Waals surface area contributed by atoms with Gasteiger partial charge in [-0.3, -0.25) is 4.68 Å². The minimum atomic E-state index is 0.543. The van der Waals surface area contributed by atoms with Crippen molar-refractivity contribution in [2.45, 2.75) is 0 Å². The monoisotopic (exact) mass is 401 g/mol. The molecule has 1 aliphatic heterocycles. The highest BCUT2D eigenvalue weighted by atomic mass is 16.5. The maximum absolute atomic E-state index is 6.33. The lowest BCUT2D eigenvalue weighted by Gasteiger charge is -2.27. The first-order valence-electron chi connectivity index (χ1n) is 9.98. The number of hydrogen-bond donors (Lipinski definition) is 2. The van der Waals surface area contributed by atoms with E-state index in [4.69, 9.17) is 20.4 Å². The number of nitrogens with one attached hydrogen (secondary N) is 1. The first-order valence-corrected chi connectivity index (χ1v) is 9.98. The van der Waals surface area contributed by atoms with Crippen molar-refractivity contribution >= 4 is 22.8 Å². The quantitative estimate of drug-likeness (QED) is 0.543. The molecule has 2 aromatic heterocycles. The van der Waals surface area contributed by atoms with Gasteiger partial charge in [0.05, 0.1) is 11.1 Å². The summed E-state index contributed by atoms with van der Waals surface area (Å²) in [6, 6.07) is 17.6. The minimum Gasteiger partial charge on any atom is -0.457 e. The van der Waals surface area contributed by atoms with Crippen molar-refractivity contribution in [1.82, 2.24) is 25.1 Å². The van der Waals surface area contributed by atoms with Crippen LogP contribution in [0.5, 0.6) is 11.5 Å². The summed E-state index contributed by atoms with van der Waals surface area (Å²) in [6.07, 6.45) is 0. The van der Waals surface area contributed by atoms with Crippen LogP contribution in [0.2, 0.25) is 0 Å². The van der Waals surface area contributed by atoms with Gasteiger partial charge in [0.25, 0.3) is 0 Å². The molecule has 0 amide bonds. The van der Waals surface area contributed by atoms with Gasteiger partial charge >= 0.3 is 0 Å². The molecule has 0 unspecified atom stereocenters. The summed E-state index contributed by atoms with van der Waals surface area (Å²) in [7, 11) is 1.82. The zero-order valence-corrected chi connectivity index (χ0v) is 16.7. The third-order valence-corrected chi connectivity index (χ3v) is 5.21. The first kappa shape index (κ1) is 18.4. The SMILES string of the molecule is Cn1nc2nc(N3CCNCC3)nc(-c3cccc(Oc4ccccc4)c3)c2c1N. The fourth-order valence-corrected chi connectivity index (χ4v) is 3.65. The molecule has 2 aromatic carbocycles. The largest absolute Gasteiger partial charge is 0.457 e. The van der Waals surface area contributed by atoms with E-state index in [0.717, 1.165) is 54.3 Å². The minimum absolute atomic E-state index is 0.543. The number of benzene rings is 2. The van der Waals surface area contributed by atoms with Crippen LogP contribution < -0.4 is 20.7 Å². The van der Waals surface area contributed by atoms with Crippen LogP contribution >= 0.6 is 0 Å². The lowest BCUT2D eigenvalue weighted by atomic mass is 10.1. The van der Waals surface area contributed by atoms with Crippen LogP contribution in [0.25, 0.3) is 22.3 Å². The van der Waals surface area contributed by atoms with Gasteiger partial charge < -0.3 is 20.7 Å². The Bertz CT molecular complexity index is 1180. The standard InChI is InChI=1S/C22H23N7O/c1-28-20(23)18-19(25-22(26-21(18)27-28)29-12-10-24-11-13-29)15-6-5-9-17(14-15)30-16-7-3-2-4-8-16/h2-9,14,24H,10-13,23H2,1H3. The molecule has 3 N–H and O–H groups in total. The molecule has 30 heavy (non-hydrogen) atoms. The molecule has 5 rings (SSSR count). The van der Waals surface area contributed by atoms with Crippen LogP contribution in [-0.4, -0.2) is 45.9 Å². The van der Waals surface area contributed by atoms with Crippen LogP contribution in [0.15, 0.2) is 54.6 Å². The summed E-state index contributed by atoms with van der Waals surface area (Å²) in [6.45, 7) is 3.51. The van der Waals surface area contributed by atoms with Gasteiger partial charge in [-0.05, 0) is 24.3 Å². The number of nitrogens with two attached hydrogens (primary N) is 1. The number of anilines is 2. The van der Waals surface area contributed by atoms with E-state index in [2.05, 4.69) is 15.3 Å². The van der Waals surface area contributed by atoms with E-state index in [1.807, 2.05) is 61.6 Å². The third-order valence-electron chi connectivity index (χ3n) is 5.21. The van der Waals surface area contributed by atoms with Crippen LogP contribution in [0.4, 0.5) is 11.8 Å². The van der Waals surface area contributed by atoms with E-state index in [1.54, 1.807) is 4.68 Å². The lowest BCUT2D eigenvalue weighted by molar-refractivity contribution is 0.483. The zero-order valence-electron chi connectivity index (χ0n) is 16.7.